The third-order valence-electron chi connectivity index (χ3n) is 5.56. The molecule has 118 valence electrons. The van der Waals surface area contributed by atoms with E-state index in [-0.39, 0.29) is 18.6 Å². The summed E-state index contributed by atoms with van der Waals surface area (Å²) in [6.07, 6.45) is 9.98. The summed E-state index contributed by atoms with van der Waals surface area (Å²) in [6, 6.07) is 0.486. The molecule has 0 radical (unpaired) electrons. The molecular formula is C16H26N2O3. The van der Waals surface area contributed by atoms with Gasteiger partial charge in [-0.1, -0.05) is 19.3 Å². The number of hydrogen-bond donors (Lipinski definition) is 1. The number of carboxylic acids is 1. The van der Waals surface area contributed by atoms with E-state index in [9.17, 15) is 9.59 Å². The van der Waals surface area contributed by atoms with Crippen LogP contribution in [0.4, 0.5) is 4.79 Å². The summed E-state index contributed by atoms with van der Waals surface area (Å²) in [5, 5.41) is 9.17. The van der Waals surface area contributed by atoms with Crippen molar-refractivity contribution in [2.24, 2.45) is 5.92 Å². The highest BCUT2D eigenvalue weighted by Crippen LogP contribution is 2.37. The molecule has 0 aromatic rings. The number of urea groups is 1. The third-order valence-corrected chi connectivity index (χ3v) is 5.56. The molecule has 2 saturated carbocycles. The van der Waals surface area contributed by atoms with Crippen LogP contribution in [0.3, 0.4) is 0 Å². The highest BCUT2D eigenvalue weighted by Gasteiger charge is 2.40. The molecule has 0 spiro atoms. The first-order valence-electron chi connectivity index (χ1n) is 8.46. The Labute approximate surface area is 126 Å². The van der Waals surface area contributed by atoms with Crippen LogP contribution in [-0.4, -0.2) is 52.1 Å². The average Bonchev–Trinajstić information content (AvgIpc) is 3.13. The molecule has 2 aliphatic carbocycles. The van der Waals surface area contributed by atoms with E-state index in [1.165, 1.54) is 19.3 Å². The fourth-order valence-corrected chi connectivity index (χ4v) is 4.57. The Kier molecular flexibility index (Phi) is 4.36. The Balaban J connectivity index is 1.74. The zero-order valence-electron chi connectivity index (χ0n) is 12.7. The average molecular weight is 294 g/mol. The Hall–Kier alpha value is -1.26. The number of fused-ring (bicyclic) bond motifs is 1. The minimum absolute atomic E-state index is 0.0131. The molecule has 5 nitrogen and oxygen atoms in total. The quantitative estimate of drug-likeness (QED) is 0.870. The van der Waals surface area contributed by atoms with Gasteiger partial charge in [-0.2, -0.15) is 0 Å². The maximum absolute atomic E-state index is 13.0. The van der Waals surface area contributed by atoms with Gasteiger partial charge in [0.05, 0.1) is 0 Å². The van der Waals surface area contributed by atoms with Crippen molar-refractivity contribution in [3.05, 3.63) is 0 Å². The maximum Gasteiger partial charge on any atom is 0.323 e. The number of rotatable bonds is 3. The van der Waals surface area contributed by atoms with Gasteiger partial charge in [0.15, 0.2) is 0 Å². The molecule has 5 heteroatoms. The van der Waals surface area contributed by atoms with E-state index in [1.807, 2.05) is 4.90 Å². The van der Waals surface area contributed by atoms with Gasteiger partial charge in [0, 0.05) is 18.6 Å². The van der Waals surface area contributed by atoms with E-state index in [0.717, 1.165) is 45.1 Å². The van der Waals surface area contributed by atoms with Crippen molar-refractivity contribution in [3.63, 3.8) is 0 Å². The van der Waals surface area contributed by atoms with Crippen LogP contribution < -0.4 is 0 Å². The molecule has 1 saturated heterocycles. The monoisotopic (exact) mass is 294 g/mol. The normalized spacial score (nSPS) is 29.4. The fourth-order valence-electron chi connectivity index (χ4n) is 4.57. The van der Waals surface area contributed by atoms with Gasteiger partial charge < -0.3 is 14.9 Å². The van der Waals surface area contributed by atoms with Gasteiger partial charge in [-0.15, -0.1) is 0 Å². The number of carbonyl (C=O) groups excluding carboxylic acids is 1. The summed E-state index contributed by atoms with van der Waals surface area (Å²) in [7, 11) is 0. The van der Waals surface area contributed by atoms with Gasteiger partial charge in [-0.25, -0.2) is 4.79 Å². The zero-order chi connectivity index (χ0) is 14.8. The molecule has 0 bridgehead atoms. The number of piperidine rings is 1. The number of hydrogen-bond acceptors (Lipinski definition) is 2. The molecule has 2 unspecified atom stereocenters. The topological polar surface area (TPSA) is 60.9 Å². The van der Waals surface area contributed by atoms with Gasteiger partial charge >= 0.3 is 12.0 Å². The van der Waals surface area contributed by atoms with E-state index in [4.69, 9.17) is 5.11 Å². The lowest BCUT2D eigenvalue weighted by Crippen LogP contribution is -2.55. The first-order valence-corrected chi connectivity index (χ1v) is 8.46. The van der Waals surface area contributed by atoms with Crippen molar-refractivity contribution in [2.75, 3.05) is 13.1 Å². The predicted molar refractivity (Wildman–Crippen MR) is 79.1 cm³/mol. The lowest BCUT2D eigenvalue weighted by atomic mass is 9.92. The van der Waals surface area contributed by atoms with E-state index in [1.54, 1.807) is 4.90 Å². The molecule has 3 aliphatic rings. The zero-order valence-corrected chi connectivity index (χ0v) is 12.7. The number of amides is 2. The minimum atomic E-state index is -0.893. The first-order chi connectivity index (χ1) is 10.2. The van der Waals surface area contributed by atoms with E-state index >= 15 is 0 Å². The number of carbonyl (C=O) groups is 2. The number of aliphatic carboxylic acids is 1. The van der Waals surface area contributed by atoms with Gasteiger partial charge in [0.25, 0.3) is 0 Å². The summed E-state index contributed by atoms with van der Waals surface area (Å²) in [4.78, 5) is 27.8. The second kappa shape index (κ2) is 6.24. The molecule has 2 atom stereocenters. The maximum atomic E-state index is 13.0. The summed E-state index contributed by atoms with van der Waals surface area (Å²) in [5.74, 6) is -0.242. The largest absolute Gasteiger partial charge is 0.480 e. The smallest absolute Gasteiger partial charge is 0.323 e. The highest BCUT2D eigenvalue weighted by atomic mass is 16.4. The van der Waals surface area contributed by atoms with E-state index < -0.39 is 5.97 Å². The lowest BCUT2D eigenvalue weighted by molar-refractivity contribution is -0.138. The minimum Gasteiger partial charge on any atom is -0.480 e. The molecule has 3 fully saturated rings. The van der Waals surface area contributed by atoms with Crippen LogP contribution >= 0.6 is 0 Å². The highest BCUT2D eigenvalue weighted by molar-refractivity contribution is 5.81. The van der Waals surface area contributed by atoms with Crippen LogP contribution in [-0.2, 0) is 4.79 Å². The number of carboxylic acid groups (broad SMARTS) is 1. The van der Waals surface area contributed by atoms with Crippen molar-refractivity contribution in [3.8, 4) is 0 Å². The van der Waals surface area contributed by atoms with Crippen molar-refractivity contribution in [1.29, 1.82) is 0 Å². The van der Waals surface area contributed by atoms with Crippen LogP contribution in [0.5, 0.6) is 0 Å². The molecule has 2 amide bonds. The van der Waals surface area contributed by atoms with Crippen LogP contribution in [0.1, 0.15) is 57.8 Å². The second-order valence-electron chi connectivity index (χ2n) is 6.84. The van der Waals surface area contributed by atoms with Crippen LogP contribution in [0.15, 0.2) is 0 Å². The summed E-state index contributed by atoms with van der Waals surface area (Å²) in [6.45, 7) is 0.667. The number of likely N-dealkylation sites (tertiary alicyclic amines) is 1. The van der Waals surface area contributed by atoms with Crippen LogP contribution in [0, 0.1) is 5.92 Å². The molecule has 3 rings (SSSR count). The van der Waals surface area contributed by atoms with Gasteiger partial charge in [0.1, 0.15) is 6.54 Å². The molecule has 0 aromatic heterocycles. The molecule has 21 heavy (non-hydrogen) atoms. The Morgan fingerprint density at radius 3 is 2.43 bits per heavy atom. The van der Waals surface area contributed by atoms with Gasteiger partial charge in [0.2, 0.25) is 0 Å². The van der Waals surface area contributed by atoms with Crippen molar-refractivity contribution < 1.29 is 14.7 Å². The number of nitrogens with zero attached hydrogens (tertiary/aromatic N) is 2. The van der Waals surface area contributed by atoms with Gasteiger partial charge in [-0.3, -0.25) is 4.79 Å². The Morgan fingerprint density at radius 1 is 1.00 bits per heavy atom. The Bertz CT molecular complexity index is 406. The standard InChI is InChI=1S/C16H26N2O3/c19-15(20)11-18(13-7-1-2-8-13)16(21)17-10-4-6-12-5-3-9-14(12)17/h12-14H,1-11H2,(H,19,20). The first kappa shape index (κ1) is 14.7. The Morgan fingerprint density at radius 2 is 1.71 bits per heavy atom. The third kappa shape index (κ3) is 3.01. The summed E-state index contributed by atoms with van der Waals surface area (Å²) in [5.41, 5.74) is 0. The van der Waals surface area contributed by atoms with E-state index in [2.05, 4.69) is 0 Å². The van der Waals surface area contributed by atoms with Crippen LogP contribution in [0.25, 0.3) is 0 Å². The van der Waals surface area contributed by atoms with Crippen molar-refractivity contribution in [2.45, 2.75) is 69.9 Å². The molecule has 0 aromatic carbocycles. The SMILES string of the molecule is O=C(O)CN(C(=O)N1CCCC2CCCC21)C1CCCC1. The van der Waals surface area contributed by atoms with Crippen molar-refractivity contribution in [1.82, 2.24) is 9.80 Å². The lowest BCUT2D eigenvalue weighted by Gasteiger charge is -2.41. The van der Waals surface area contributed by atoms with Crippen molar-refractivity contribution >= 4 is 12.0 Å². The second-order valence-corrected chi connectivity index (χ2v) is 6.84. The summed E-state index contributed by atoms with van der Waals surface area (Å²) >= 11 is 0. The van der Waals surface area contributed by atoms with Crippen LogP contribution in [0.2, 0.25) is 0 Å². The fraction of sp³-hybridized carbons (Fsp3) is 0.875. The predicted octanol–water partition coefficient (Wildman–Crippen LogP) is 2.70. The summed E-state index contributed by atoms with van der Waals surface area (Å²) < 4.78 is 0. The van der Waals surface area contributed by atoms with E-state index in [0.29, 0.717) is 12.0 Å². The molecule has 1 aliphatic heterocycles. The molecule has 1 N–H and O–H groups in total. The van der Waals surface area contributed by atoms with Gasteiger partial charge in [-0.05, 0) is 44.4 Å². The molecular weight excluding hydrogens is 268 g/mol. The molecule has 1 heterocycles.